The maximum absolute atomic E-state index is 13.0. The van der Waals surface area contributed by atoms with E-state index >= 15 is 0 Å². The van der Waals surface area contributed by atoms with E-state index in [-0.39, 0.29) is 5.43 Å². The Morgan fingerprint density at radius 2 is 1.70 bits per heavy atom. The van der Waals surface area contributed by atoms with Crippen molar-refractivity contribution in [2.45, 2.75) is 33.4 Å². The van der Waals surface area contributed by atoms with Crippen LogP contribution in [0.25, 0.3) is 21.8 Å². The number of para-hydroxylation sites is 1. The van der Waals surface area contributed by atoms with Gasteiger partial charge >= 0.3 is 0 Å². The summed E-state index contributed by atoms with van der Waals surface area (Å²) in [6, 6.07) is 20.1. The Kier molecular flexibility index (Phi) is 5.86. The third-order valence-corrected chi connectivity index (χ3v) is 5.88. The SMILES string of the molecule is COc1ccc(CNCCCn2c3ccccc3c(=O)c3ccc(C)c(C)c32)cc1. The molecule has 154 valence electrons. The van der Waals surface area contributed by atoms with Crippen LogP contribution < -0.4 is 15.5 Å². The molecule has 0 unspecified atom stereocenters. The second kappa shape index (κ2) is 8.72. The molecular weight excluding hydrogens is 372 g/mol. The first-order chi connectivity index (χ1) is 14.6. The van der Waals surface area contributed by atoms with E-state index in [0.717, 1.165) is 53.6 Å². The minimum absolute atomic E-state index is 0.123. The number of nitrogens with one attached hydrogen (secondary N) is 1. The van der Waals surface area contributed by atoms with Crippen LogP contribution in [0.2, 0.25) is 0 Å². The summed E-state index contributed by atoms with van der Waals surface area (Å²) >= 11 is 0. The minimum Gasteiger partial charge on any atom is -0.497 e. The lowest BCUT2D eigenvalue weighted by Crippen LogP contribution is -2.18. The van der Waals surface area contributed by atoms with Gasteiger partial charge in [0.15, 0.2) is 5.43 Å². The van der Waals surface area contributed by atoms with E-state index in [1.165, 1.54) is 16.7 Å². The van der Waals surface area contributed by atoms with Gasteiger partial charge in [-0.05, 0) is 73.8 Å². The number of hydrogen-bond donors (Lipinski definition) is 1. The topological polar surface area (TPSA) is 43.3 Å². The number of pyridine rings is 1. The van der Waals surface area contributed by atoms with E-state index in [1.807, 2.05) is 36.4 Å². The predicted octanol–water partition coefficient (Wildman–Crippen LogP) is 4.96. The first kappa shape index (κ1) is 20.2. The number of hydrogen-bond acceptors (Lipinski definition) is 3. The molecule has 0 radical (unpaired) electrons. The molecule has 4 nitrogen and oxygen atoms in total. The van der Waals surface area contributed by atoms with Gasteiger partial charge in [-0.2, -0.15) is 0 Å². The summed E-state index contributed by atoms with van der Waals surface area (Å²) in [7, 11) is 1.68. The fourth-order valence-electron chi connectivity index (χ4n) is 4.07. The summed E-state index contributed by atoms with van der Waals surface area (Å²) in [4.78, 5) is 13.0. The average Bonchev–Trinajstić information content (AvgIpc) is 2.78. The van der Waals surface area contributed by atoms with Crippen molar-refractivity contribution >= 4 is 21.8 Å². The number of fused-ring (bicyclic) bond motifs is 2. The molecule has 0 aliphatic heterocycles. The quantitative estimate of drug-likeness (QED) is 0.352. The molecule has 1 N–H and O–H groups in total. The summed E-state index contributed by atoms with van der Waals surface area (Å²) in [5, 5.41) is 5.13. The maximum Gasteiger partial charge on any atom is 0.197 e. The molecule has 30 heavy (non-hydrogen) atoms. The molecule has 0 saturated carbocycles. The van der Waals surface area contributed by atoms with Crippen LogP contribution in [0.3, 0.4) is 0 Å². The summed E-state index contributed by atoms with van der Waals surface area (Å²) in [6.07, 6.45) is 0.978. The molecule has 0 spiro atoms. The van der Waals surface area contributed by atoms with E-state index in [1.54, 1.807) is 7.11 Å². The van der Waals surface area contributed by atoms with E-state index in [0.29, 0.717) is 0 Å². The third-order valence-electron chi connectivity index (χ3n) is 5.88. The van der Waals surface area contributed by atoms with Gasteiger partial charge in [0, 0.05) is 23.9 Å². The number of methoxy groups -OCH3 is 1. The molecule has 0 aliphatic carbocycles. The van der Waals surface area contributed by atoms with E-state index in [2.05, 4.69) is 48.0 Å². The lowest BCUT2D eigenvalue weighted by molar-refractivity contribution is 0.414. The lowest BCUT2D eigenvalue weighted by Gasteiger charge is -2.18. The van der Waals surface area contributed by atoms with Crippen molar-refractivity contribution < 1.29 is 4.74 Å². The van der Waals surface area contributed by atoms with Crippen LogP contribution in [0, 0.1) is 13.8 Å². The van der Waals surface area contributed by atoms with Gasteiger partial charge in [0.25, 0.3) is 0 Å². The predicted molar refractivity (Wildman–Crippen MR) is 125 cm³/mol. The van der Waals surface area contributed by atoms with Crippen LogP contribution in [0.4, 0.5) is 0 Å². The van der Waals surface area contributed by atoms with Crippen molar-refractivity contribution in [3.63, 3.8) is 0 Å². The van der Waals surface area contributed by atoms with Crippen LogP contribution in [-0.4, -0.2) is 18.2 Å². The first-order valence-corrected chi connectivity index (χ1v) is 10.4. The number of nitrogens with zero attached hydrogens (tertiary/aromatic N) is 1. The third kappa shape index (κ3) is 3.83. The highest BCUT2D eigenvalue weighted by atomic mass is 16.5. The molecule has 1 aromatic heterocycles. The highest BCUT2D eigenvalue weighted by molar-refractivity contribution is 5.95. The molecular formula is C26H28N2O2. The Labute approximate surface area is 177 Å². The Balaban J connectivity index is 1.56. The van der Waals surface area contributed by atoms with Gasteiger partial charge in [-0.1, -0.05) is 30.3 Å². The van der Waals surface area contributed by atoms with Gasteiger partial charge in [-0.3, -0.25) is 4.79 Å². The molecule has 4 aromatic rings. The number of rotatable bonds is 7. The van der Waals surface area contributed by atoms with Gasteiger partial charge in [0.05, 0.1) is 18.1 Å². The van der Waals surface area contributed by atoms with Crippen LogP contribution in [0.1, 0.15) is 23.1 Å². The largest absolute Gasteiger partial charge is 0.497 e. The molecule has 0 amide bonds. The Morgan fingerprint density at radius 1 is 0.933 bits per heavy atom. The zero-order valence-electron chi connectivity index (χ0n) is 17.9. The van der Waals surface area contributed by atoms with Crippen molar-refractivity contribution in [2.24, 2.45) is 0 Å². The zero-order chi connectivity index (χ0) is 21.1. The minimum atomic E-state index is 0.123. The van der Waals surface area contributed by atoms with Crippen LogP contribution in [0.5, 0.6) is 5.75 Å². The van der Waals surface area contributed by atoms with Crippen molar-refractivity contribution in [3.05, 3.63) is 87.6 Å². The van der Waals surface area contributed by atoms with Crippen LogP contribution in [0.15, 0.2) is 65.5 Å². The Hall–Kier alpha value is -3.11. The zero-order valence-corrected chi connectivity index (χ0v) is 17.9. The van der Waals surface area contributed by atoms with Crippen molar-refractivity contribution in [2.75, 3.05) is 13.7 Å². The number of ether oxygens (including phenoxy) is 1. The number of benzene rings is 3. The van der Waals surface area contributed by atoms with Crippen LogP contribution >= 0.6 is 0 Å². The molecule has 3 aromatic carbocycles. The van der Waals surface area contributed by atoms with Gasteiger partial charge in [0.1, 0.15) is 5.75 Å². The molecule has 0 saturated heterocycles. The smallest absolute Gasteiger partial charge is 0.197 e. The second-order valence-corrected chi connectivity index (χ2v) is 7.78. The lowest BCUT2D eigenvalue weighted by atomic mass is 10.0. The number of aryl methyl sites for hydroxylation is 3. The molecule has 0 fully saturated rings. The van der Waals surface area contributed by atoms with Gasteiger partial charge in [0.2, 0.25) is 0 Å². The summed E-state index contributed by atoms with van der Waals surface area (Å²) < 4.78 is 7.54. The van der Waals surface area contributed by atoms with Crippen molar-refractivity contribution in [1.29, 1.82) is 0 Å². The summed E-state index contributed by atoms with van der Waals surface area (Å²) in [5.41, 5.74) is 5.83. The summed E-state index contributed by atoms with van der Waals surface area (Å²) in [6.45, 7) is 6.81. The summed E-state index contributed by atoms with van der Waals surface area (Å²) in [5.74, 6) is 0.876. The first-order valence-electron chi connectivity index (χ1n) is 10.4. The standard InChI is InChI=1S/C26H28N2O2/c1-18-9-14-23-25(19(18)2)28(24-8-5-4-7-22(24)26(23)29)16-6-15-27-17-20-10-12-21(30-3)13-11-20/h4-5,7-14,27H,6,15-17H2,1-3H3. The molecule has 4 rings (SSSR count). The normalized spacial score (nSPS) is 11.3. The van der Waals surface area contributed by atoms with E-state index in [9.17, 15) is 4.79 Å². The highest BCUT2D eigenvalue weighted by Gasteiger charge is 2.13. The van der Waals surface area contributed by atoms with Gasteiger partial charge in [-0.15, -0.1) is 0 Å². The van der Waals surface area contributed by atoms with Crippen LogP contribution in [-0.2, 0) is 13.1 Å². The molecule has 4 heteroatoms. The average molecular weight is 401 g/mol. The van der Waals surface area contributed by atoms with Gasteiger partial charge < -0.3 is 14.6 Å². The van der Waals surface area contributed by atoms with E-state index in [4.69, 9.17) is 4.74 Å². The molecule has 0 bridgehead atoms. The van der Waals surface area contributed by atoms with E-state index < -0.39 is 0 Å². The Bertz CT molecular complexity index is 1240. The highest BCUT2D eigenvalue weighted by Crippen LogP contribution is 2.24. The van der Waals surface area contributed by atoms with Crippen molar-refractivity contribution in [1.82, 2.24) is 9.88 Å². The fraction of sp³-hybridized carbons (Fsp3) is 0.269. The maximum atomic E-state index is 13.0. The molecule has 0 atom stereocenters. The van der Waals surface area contributed by atoms with Crippen molar-refractivity contribution in [3.8, 4) is 5.75 Å². The number of aromatic nitrogens is 1. The monoisotopic (exact) mass is 400 g/mol. The molecule has 0 aliphatic rings. The fourth-order valence-corrected chi connectivity index (χ4v) is 4.07. The molecule has 1 heterocycles. The Morgan fingerprint density at radius 3 is 2.47 bits per heavy atom. The second-order valence-electron chi connectivity index (χ2n) is 7.78. The van der Waals surface area contributed by atoms with Gasteiger partial charge in [-0.25, -0.2) is 0 Å².